The molecule has 23 heavy (non-hydrogen) atoms. The summed E-state index contributed by atoms with van der Waals surface area (Å²) < 4.78 is 45.6. The predicted molar refractivity (Wildman–Crippen MR) is 77.3 cm³/mol. The minimum Gasteiger partial charge on any atom is -0.406 e. The van der Waals surface area contributed by atoms with Crippen LogP contribution in [0.3, 0.4) is 0 Å². The van der Waals surface area contributed by atoms with Gasteiger partial charge >= 0.3 is 6.36 Å². The zero-order valence-electron chi connectivity index (χ0n) is 12.9. The Morgan fingerprint density at radius 2 is 1.83 bits per heavy atom. The molecule has 1 aliphatic heterocycles. The van der Waals surface area contributed by atoms with Crippen molar-refractivity contribution in [2.75, 3.05) is 25.0 Å². The molecule has 0 spiro atoms. The molecule has 1 aromatic carbocycles. The maximum absolute atomic E-state index is 12.1. The Kier molecular flexibility index (Phi) is 5.48. The highest BCUT2D eigenvalue weighted by molar-refractivity contribution is 5.91. The SMILES string of the molecule is C[C@@H]1C[NH+](CC(=O)Nc2ccc(OC(F)(F)F)cc2)C[C@H](C)O1. The van der Waals surface area contributed by atoms with Gasteiger partial charge < -0.3 is 19.7 Å². The molecule has 2 rings (SSSR count). The highest BCUT2D eigenvalue weighted by Crippen LogP contribution is 2.23. The average Bonchev–Trinajstić information content (AvgIpc) is 2.38. The first kappa shape index (κ1) is 17.6. The van der Waals surface area contributed by atoms with Crippen LogP contribution in [0.5, 0.6) is 5.75 Å². The molecule has 1 saturated heterocycles. The molecule has 1 heterocycles. The van der Waals surface area contributed by atoms with Crippen LogP contribution in [0.15, 0.2) is 24.3 Å². The van der Waals surface area contributed by atoms with Gasteiger partial charge in [-0.05, 0) is 38.1 Å². The number of hydrogen-bond donors (Lipinski definition) is 2. The summed E-state index contributed by atoms with van der Waals surface area (Å²) in [5, 5.41) is 2.67. The normalized spacial score (nSPS) is 25.0. The van der Waals surface area contributed by atoms with Crippen LogP contribution in [0.1, 0.15) is 13.8 Å². The van der Waals surface area contributed by atoms with Crippen LogP contribution in [-0.4, -0.2) is 44.1 Å². The van der Waals surface area contributed by atoms with Crippen molar-refractivity contribution in [3.05, 3.63) is 24.3 Å². The smallest absolute Gasteiger partial charge is 0.406 e. The lowest BCUT2D eigenvalue weighted by Gasteiger charge is -2.31. The first-order valence-electron chi connectivity index (χ1n) is 7.36. The number of rotatable bonds is 4. The van der Waals surface area contributed by atoms with Crippen LogP contribution in [0.4, 0.5) is 18.9 Å². The predicted octanol–water partition coefficient (Wildman–Crippen LogP) is 1.22. The topological polar surface area (TPSA) is 52.0 Å². The van der Waals surface area contributed by atoms with Gasteiger partial charge in [-0.2, -0.15) is 0 Å². The van der Waals surface area contributed by atoms with Crippen LogP contribution in [0.2, 0.25) is 0 Å². The molecule has 1 aromatic rings. The largest absolute Gasteiger partial charge is 0.573 e. The van der Waals surface area contributed by atoms with Crippen LogP contribution in [-0.2, 0) is 9.53 Å². The van der Waals surface area contributed by atoms with Crippen molar-refractivity contribution in [1.29, 1.82) is 0 Å². The Morgan fingerprint density at radius 1 is 1.26 bits per heavy atom. The number of nitrogens with one attached hydrogen (secondary N) is 2. The third kappa shape index (κ3) is 6.07. The molecule has 3 atom stereocenters. The Labute approximate surface area is 132 Å². The zero-order chi connectivity index (χ0) is 17.0. The monoisotopic (exact) mass is 333 g/mol. The Bertz CT molecular complexity index is 524. The van der Waals surface area contributed by atoms with Crippen molar-refractivity contribution in [1.82, 2.24) is 0 Å². The van der Waals surface area contributed by atoms with E-state index in [9.17, 15) is 18.0 Å². The van der Waals surface area contributed by atoms with E-state index in [2.05, 4.69) is 10.1 Å². The van der Waals surface area contributed by atoms with Crippen molar-refractivity contribution < 1.29 is 32.3 Å². The third-order valence-electron chi connectivity index (χ3n) is 3.40. The summed E-state index contributed by atoms with van der Waals surface area (Å²) in [6.45, 7) is 5.71. The van der Waals surface area contributed by atoms with Crippen molar-refractivity contribution >= 4 is 11.6 Å². The second-order valence-electron chi connectivity index (χ2n) is 5.71. The molecule has 5 nitrogen and oxygen atoms in total. The lowest BCUT2D eigenvalue weighted by atomic mass is 10.2. The van der Waals surface area contributed by atoms with Crippen LogP contribution in [0.25, 0.3) is 0 Å². The fourth-order valence-corrected chi connectivity index (χ4v) is 2.71. The molecule has 2 N–H and O–H groups in total. The van der Waals surface area contributed by atoms with Gasteiger partial charge in [0, 0.05) is 5.69 Å². The summed E-state index contributed by atoms with van der Waals surface area (Å²) in [5.41, 5.74) is 0.429. The van der Waals surface area contributed by atoms with Crippen LogP contribution < -0.4 is 15.0 Å². The van der Waals surface area contributed by atoms with Gasteiger partial charge in [0.15, 0.2) is 6.54 Å². The van der Waals surface area contributed by atoms with Crippen LogP contribution >= 0.6 is 0 Å². The maximum Gasteiger partial charge on any atom is 0.573 e. The lowest BCUT2D eigenvalue weighted by Crippen LogP contribution is -3.16. The highest BCUT2D eigenvalue weighted by atomic mass is 19.4. The van der Waals surface area contributed by atoms with Crippen molar-refractivity contribution in [3.8, 4) is 5.75 Å². The van der Waals surface area contributed by atoms with Crippen LogP contribution in [0, 0.1) is 0 Å². The average molecular weight is 333 g/mol. The Hall–Kier alpha value is -1.80. The summed E-state index contributed by atoms with van der Waals surface area (Å²) in [7, 11) is 0. The fourth-order valence-electron chi connectivity index (χ4n) is 2.71. The molecule has 1 unspecified atom stereocenters. The number of hydrogen-bond acceptors (Lipinski definition) is 3. The van der Waals surface area contributed by atoms with Crippen molar-refractivity contribution in [2.24, 2.45) is 0 Å². The van der Waals surface area contributed by atoms with E-state index < -0.39 is 6.36 Å². The standard InChI is InChI=1S/C15H19F3N2O3/c1-10-7-20(8-11(2)22-10)9-14(21)19-12-3-5-13(6-4-12)23-15(16,17)18/h3-6,10-11H,7-9H2,1-2H3,(H,19,21)/p+1/t10-,11+. The summed E-state index contributed by atoms with van der Waals surface area (Å²) in [5.74, 6) is -0.511. The molecular weight excluding hydrogens is 313 g/mol. The number of quaternary nitrogens is 1. The number of carbonyl (C=O) groups excluding carboxylic acids is 1. The molecule has 0 aromatic heterocycles. The minimum absolute atomic E-state index is 0.0975. The van der Waals surface area contributed by atoms with E-state index in [1.165, 1.54) is 12.1 Å². The number of benzene rings is 1. The molecule has 1 amide bonds. The molecule has 128 valence electrons. The van der Waals surface area contributed by atoms with Gasteiger partial charge in [-0.25, -0.2) is 0 Å². The number of anilines is 1. The van der Waals surface area contributed by atoms with Gasteiger partial charge in [-0.15, -0.1) is 13.2 Å². The number of amides is 1. The van der Waals surface area contributed by atoms with Gasteiger partial charge in [0.25, 0.3) is 5.91 Å². The first-order valence-corrected chi connectivity index (χ1v) is 7.36. The first-order chi connectivity index (χ1) is 10.7. The third-order valence-corrected chi connectivity index (χ3v) is 3.40. The van der Waals surface area contributed by atoms with E-state index in [1.807, 2.05) is 13.8 Å². The molecule has 8 heteroatoms. The molecule has 0 bridgehead atoms. The summed E-state index contributed by atoms with van der Waals surface area (Å²) in [6, 6.07) is 5.07. The van der Waals surface area contributed by atoms with Gasteiger partial charge in [-0.3, -0.25) is 4.79 Å². The summed E-state index contributed by atoms with van der Waals surface area (Å²) >= 11 is 0. The number of alkyl halides is 3. The highest BCUT2D eigenvalue weighted by Gasteiger charge is 2.31. The zero-order valence-corrected chi connectivity index (χ0v) is 12.9. The number of carbonyl (C=O) groups is 1. The minimum atomic E-state index is -4.72. The van der Waals surface area contributed by atoms with E-state index in [0.29, 0.717) is 12.2 Å². The molecular formula is C15H20F3N2O3+. The second-order valence-corrected chi connectivity index (χ2v) is 5.71. The molecule has 0 radical (unpaired) electrons. The van der Waals surface area contributed by atoms with E-state index in [0.717, 1.165) is 30.1 Å². The van der Waals surface area contributed by atoms with E-state index in [-0.39, 0.29) is 23.9 Å². The molecule has 0 aliphatic carbocycles. The molecule has 0 saturated carbocycles. The number of morpholine rings is 1. The van der Waals surface area contributed by atoms with Crippen molar-refractivity contribution in [3.63, 3.8) is 0 Å². The van der Waals surface area contributed by atoms with Gasteiger partial charge in [0.2, 0.25) is 0 Å². The maximum atomic E-state index is 12.1. The van der Waals surface area contributed by atoms with Crippen molar-refractivity contribution in [2.45, 2.75) is 32.4 Å². The van der Waals surface area contributed by atoms with E-state index in [4.69, 9.17) is 4.74 Å². The number of ether oxygens (including phenoxy) is 2. The fraction of sp³-hybridized carbons (Fsp3) is 0.533. The van der Waals surface area contributed by atoms with E-state index >= 15 is 0 Å². The quantitative estimate of drug-likeness (QED) is 0.871. The second kappa shape index (κ2) is 7.18. The molecule has 1 fully saturated rings. The number of halogens is 3. The van der Waals surface area contributed by atoms with Gasteiger partial charge in [0.05, 0.1) is 0 Å². The Balaban J connectivity index is 1.85. The lowest BCUT2D eigenvalue weighted by molar-refractivity contribution is -0.907. The molecule has 1 aliphatic rings. The van der Waals surface area contributed by atoms with Gasteiger partial charge in [0.1, 0.15) is 31.0 Å². The summed E-state index contributed by atoms with van der Waals surface area (Å²) in [4.78, 5) is 13.1. The van der Waals surface area contributed by atoms with Gasteiger partial charge in [-0.1, -0.05) is 0 Å². The Morgan fingerprint density at radius 3 is 2.35 bits per heavy atom. The van der Waals surface area contributed by atoms with E-state index in [1.54, 1.807) is 0 Å². The summed E-state index contributed by atoms with van der Waals surface area (Å²) in [6.07, 6.45) is -4.53.